The second-order valence-corrected chi connectivity index (χ2v) is 0.283. The van der Waals surface area contributed by atoms with Crippen LogP contribution in [0, 0.1) is 118 Å². The zero-order valence-electron chi connectivity index (χ0n) is 4.29. The molecule has 1 radical (unpaired) electrons. The van der Waals surface area contributed by atoms with Gasteiger partial charge in [0.2, 0.25) is 0 Å². The Balaban J connectivity index is -0.00000000450. The van der Waals surface area contributed by atoms with Gasteiger partial charge in [0.05, 0.1) is 0 Å². The van der Waals surface area contributed by atoms with Crippen LogP contribution in [0.1, 0.15) is 0 Å². The monoisotopic (exact) mass is 521 g/mol. The Morgan fingerprint density at radius 3 is 1.22 bits per heavy atom. The third-order valence-electron chi connectivity index (χ3n) is 0. The first-order valence-electron chi connectivity index (χ1n) is 0.651. The summed E-state index contributed by atoms with van der Waals surface area (Å²) in [4.78, 5) is 8.56. The normalized spacial score (nSPS) is 2.67. The van der Waals surface area contributed by atoms with Crippen molar-refractivity contribution in [3.8, 4) is 0 Å². The molecule has 4 N–H and O–H groups in total. The zero-order valence-corrected chi connectivity index (χ0v) is 14.3. The fourth-order valence-electron chi connectivity index (χ4n) is 0. The zero-order chi connectivity index (χ0) is 3.58. The van der Waals surface area contributed by atoms with Crippen LogP contribution in [-0.2, 0) is 0 Å². The molecule has 0 aromatic heterocycles. The topological polar surface area (TPSA) is 89.0 Å². The number of hydrogen-bond acceptors (Lipinski definition) is 1. The largest absolute Gasteiger partial charge is 0.503 e. The first-order chi connectivity index (χ1) is 1.73. The molecule has 0 amide bonds. The summed E-state index contributed by atoms with van der Waals surface area (Å²) in [5, 5.41) is 13.9. The van der Waals surface area contributed by atoms with Crippen molar-refractivity contribution in [3.63, 3.8) is 0 Å². The van der Waals surface area contributed by atoms with Crippen LogP contribution >= 0.6 is 0 Å². The molecule has 0 saturated heterocycles. The van der Waals surface area contributed by atoms with Crippen molar-refractivity contribution < 1.29 is 143 Å². The minimum atomic E-state index is -1.83. The van der Waals surface area contributed by atoms with Crippen LogP contribution in [0.5, 0.6) is 0 Å². The molecule has 0 atom stereocenters. The van der Waals surface area contributed by atoms with E-state index >= 15 is 0 Å². The third-order valence-corrected chi connectivity index (χ3v) is 0. The molecule has 0 heterocycles. The minimum Gasteiger partial charge on any atom is -0.450 e. The predicted octanol–water partition coefficient (Wildman–Crippen LogP) is -0.450. The summed E-state index contributed by atoms with van der Waals surface area (Å²) < 4.78 is 0. The summed E-state index contributed by atoms with van der Waals surface area (Å²) in [5.41, 5.74) is 0. The Morgan fingerprint density at radius 1 is 1.22 bits per heavy atom. The molecule has 0 saturated carbocycles. The predicted molar refractivity (Wildman–Crippen MR) is 16.8 cm³/mol. The average molecular weight is 523 g/mol. The molecule has 0 aliphatic heterocycles. The van der Waals surface area contributed by atoms with E-state index in [9.17, 15) is 0 Å². The molecule has 0 aliphatic rings. The molecule has 8 heteroatoms. The van der Waals surface area contributed by atoms with Crippen LogP contribution in [0.25, 0.3) is 0 Å². The van der Waals surface area contributed by atoms with Gasteiger partial charge in [0.1, 0.15) is 0 Å². The van der Waals surface area contributed by atoms with Crippen molar-refractivity contribution in [2.24, 2.45) is 0 Å². The molecule has 0 rings (SSSR count). The van der Waals surface area contributed by atoms with Gasteiger partial charge >= 0.3 is 6.16 Å². The van der Waals surface area contributed by atoms with E-state index < -0.39 is 6.16 Å². The van der Waals surface area contributed by atoms with Gasteiger partial charge < -0.3 is 15.7 Å². The second kappa shape index (κ2) is 30.5. The van der Waals surface area contributed by atoms with Crippen molar-refractivity contribution in [1.29, 1.82) is 0 Å². The van der Waals surface area contributed by atoms with E-state index in [1.165, 1.54) is 0 Å². The summed E-state index contributed by atoms with van der Waals surface area (Å²) in [5.74, 6) is 0. The van der Waals surface area contributed by atoms with Crippen LogP contribution < -0.4 is 0 Å². The Hall–Kier alpha value is 3.08. The van der Waals surface area contributed by atoms with E-state index in [2.05, 4.69) is 0 Å². The Morgan fingerprint density at radius 2 is 1.22 bits per heavy atom. The number of halogens is 1. The van der Waals surface area contributed by atoms with Gasteiger partial charge in [-0.1, -0.05) is 0 Å². The van der Waals surface area contributed by atoms with Crippen molar-refractivity contribution >= 4 is 6.16 Å². The molecule has 0 aliphatic carbocycles. The van der Waals surface area contributed by atoms with Gasteiger partial charge in [-0.25, -0.2) is 4.79 Å². The van der Waals surface area contributed by atoms with Gasteiger partial charge in [0, 0.05) is 118 Å². The summed E-state index contributed by atoms with van der Waals surface area (Å²) in [6, 6.07) is 0. The minimum absolute atomic E-state index is 0. The Labute approximate surface area is 146 Å². The maximum absolute atomic E-state index is 8.56. The summed E-state index contributed by atoms with van der Waals surface area (Å²) in [6.07, 6.45) is -1.83. The number of carboxylic acid groups (broad SMARTS) is 2. The third kappa shape index (κ3) is 96.2. The van der Waals surface area contributed by atoms with E-state index in [-0.39, 0.29) is 128 Å². The van der Waals surface area contributed by atoms with Gasteiger partial charge in [-0.15, -0.1) is 0 Å². The number of hydrogen-bond donors (Lipinski definition) is 2. The number of carbonyl (C=O) groups is 1. The van der Waals surface area contributed by atoms with E-state index in [0.717, 1.165) is 0 Å². The van der Waals surface area contributed by atoms with Crippen molar-refractivity contribution in [2.75, 3.05) is 0 Å². The quantitative estimate of drug-likeness (QED) is 0.451. The maximum Gasteiger partial charge on any atom is 0.503 e. The molecule has 0 fully saturated rings. The van der Waals surface area contributed by atoms with Crippen LogP contribution in [-0.4, -0.2) is 21.8 Å². The van der Waals surface area contributed by atoms with Crippen LogP contribution in [0.4, 0.5) is 9.50 Å². The SMILES string of the molecule is F.O.O=C(O)O.[Ce].[La].[Nd]. The average Bonchev–Trinajstić information content (AvgIpc) is 0.811. The first-order valence-corrected chi connectivity index (χ1v) is 0.651. The van der Waals surface area contributed by atoms with Crippen molar-refractivity contribution in [2.45, 2.75) is 0 Å². The van der Waals surface area contributed by atoms with Crippen LogP contribution in [0.15, 0.2) is 0 Å². The van der Waals surface area contributed by atoms with Crippen molar-refractivity contribution in [1.82, 2.24) is 0 Å². The van der Waals surface area contributed by atoms with Gasteiger partial charge in [-0.2, -0.15) is 0 Å². The molecule has 4 nitrogen and oxygen atoms in total. The summed E-state index contributed by atoms with van der Waals surface area (Å²) >= 11 is 0. The second-order valence-electron chi connectivity index (χ2n) is 0.283. The molecule has 0 unspecified atom stereocenters. The fourth-order valence-corrected chi connectivity index (χ4v) is 0. The van der Waals surface area contributed by atoms with E-state index in [4.69, 9.17) is 15.0 Å². The summed E-state index contributed by atoms with van der Waals surface area (Å²) in [7, 11) is 0. The van der Waals surface area contributed by atoms with E-state index in [0.29, 0.717) is 0 Å². The molecule has 9 heavy (non-hydrogen) atoms. The van der Waals surface area contributed by atoms with Crippen LogP contribution in [0.3, 0.4) is 0 Å². The van der Waals surface area contributed by atoms with Gasteiger partial charge in [0.25, 0.3) is 0 Å². The first kappa shape index (κ1) is 40.1. The smallest absolute Gasteiger partial charge is 0.450 e. The van der Waals surface area contributed by atoms with Gasteiger partial charge in [-0.3, -0.25) is 4.70 Å². The van der Waals surface area contributed by atoms with Crippen molar-refractivity contribution in [3.05, 3.63) is 0 Å². The van der Waals surface area contributed by atoms with Gasteiger partial charge in [0.15, 0.2) is 0 Å². The van der Waals surface area contributed by atoms with Crippen LogP contribution in [0.2, 0.25) is 0 Å². The Bertz CT molecular complexity index is 43.5. The molecular formula is CH5CeFLaNdO4. The molecule has 0 bridgehead atoms. The summed E-state index contributed by atoms with van der Waals surface area (Å²) in [6.45, 7) is 0. The molecule has 51 valence electrons. The van der Waals surface area contributed by atoms with Gasteiger partial charge in [-0.05, 0) is 0 Å². The molecule has 0 aromatic rings. The Kier molecular flexibility index (Phi) is 136. The molecule has 0 spiro atoms. The number of rotatable bonds is 0. The van der Waals surface area contributed by atoms with E-state index in [1.807, 2.05) is 0 Å². The fraction of sp³-hybridized carbons (Fsp3) is 0. The maximum atomic E-state index is 8.56. The standard InChI is InChI=1S/CH2O3.Ce.FH.La.Nd.H2O/c2-1(3)4;;;;;/h(H2,2,3,4);;1H;;;1H2. The molecule has 0 aromatic carbocycles. The van der Waals surface area contributed by atoms with E-state index in [1.54, 1.807) is 0 Å². The molecular weight excluding hydrogens is 518 g/mol.